The van der Waals surface area contributed by atoms with E-state index in [-0.39, 0.29) is 0 Å². The first-order valence-electron chi connectivity index (χ1n) is 4.75. The first-order chi connectivity index (χ1) is 8.80. The highest BCUT2D eigenvalue weighted by Gasteiger charge is 2.07. The van der Waals surface area contributed by atoms with Crippen LogP contribution in [0.3, 0.4) is 0 Å². The third kappa shape index (κ3) is 5.38. The van der Waals surface area contributed by atoms with E-state index in [9.17, 15) is 0 Å². The molecule has 0 aliphatic carbocycles. The maximum Gasteiger partial charge on any atom is 0.193 e. The molecule has 1 heterocycles. The third-order valence-corrected chi connectivity index (χ3v) is 3.68. The summed E-state index contributed by atoms with van der Waals surface area (Å²) in [5.74, 6) is 9.13. The van der Waals surface area contributed by atoms with Crippen LogP contribution in [-0.4, -0.2) is 32.2 Å². The van der Waals surface area contributed by atoms with Crippen molar-refractivity contribution in [3.63, 3.8) is 0 Å². The summed E-state index contributed by atoms with van der Waals surface area (Å²) in [7, 11) is 0. The summed E-state index contributed by atoms with van der Waals surface area (Å²) < 4.78 is 0. The van der Waals surface area contributed by atoms with Crippen molar-refractivity contribution in [1.82, 2.24) is 15.0 Å². The van der Waals surface area contributed by atoms with E-state index in [0.717, 1.165) is 0 Å². The molecule has 0 aliphatic rings. The zero-order valence-corrected chi connectivity index (χ0v) is 11.9. The molecule has 0 spiro atoms. The zero-order chi connectivity index (χ0) is 13.2. The van der Waals surface area contributed by atoms with Crippen LogP contribution in [0.25, 0.3) is 0 Å². The van der Waals surface area contributed by atoms with Crippen LogP contribution in [0.15, 0.2) is 15.5 Å². The maximum absolute atomic E-state index is 5.21. The normalized spacial score (nSPS) is 9.17. The Morgan fingerprint density at radius 1 is 0.667 bits per heavy atom. The molecule has 0 unspecified atom stereocenters. The monoisotopic (exact) mass is 291 g/mol. The zero-order valence-electron chi connectivity index (χ0n) is 9.42. The topological polar surface area (TPSA) is 38.7 Å². The number of hydrogen-bond donors (Lipinski definition) is 0. The van der Waals surface area contributed by atoms with E-state index in [1.54, 1.807) is 0 Å². The van der Waals surface area contributed by atoms with Gasteiger partial charge in [0.15, 0.2) is 15.5 Å². The van der Waals surface area contributed by atoms with Crippen molar-refractivity contribution in [2.75, 3.05) is 17.3 Å². The van der Waals surface area contributed by atoms with Crippen molar-refractivity contribution in [2.24, 2.45) is 0 Å². The standard InChI is InChI=1S/C12H9N3S3/c1-4-7-16-10-13-11(17-8-5-2)15-12(14-10)18-9-6-3/h1-3H,7-9H2. The lowest BCUT2D eigenvalue weighted by molar-refractivity contribution is 0.719. The van der Waals surface area contributed by atoms with Gasteiger partial charge in [-0.25, -0.2) is 0 Å². The first-order valence-corrected chi connectivity index (χ1v) is 7.70. The van der Waals surface area contributed by atoms with Gasteiger partial charge in [0.1, 0.15) is 0 Å². The fraction of sp³-hybridized carbons (Fsp3) is 0.250. The van der Waals surface area contributed by atoms with E-state index in [4.69, 9.17) is 19.3 Å². The molecule has 0 saturated heterocycles. The summed E-state index contributed by atoms with van der Waals surface area (Å²) in [6, 6.07) is 0. The van der Waals surface area contributed by atoms with E-state index in [0.29, 0.717) is 32.7 Å². The van der Waals surface area contributed by atoms with Gasteiger partial charge in [-0.15, -0.1) is 19.3 Å². The first kappa shape index (κ1) is 14.8. The van der Waals surface area contributed by atoms with E-state index in [1.165, 1.54) is 35.3 Å². The van der Waals surface area contributed by atoms with E-state index < -0.39 is 0 Å². The second-order valence-electron chi connectivity index (χ2n) is 2.66. The molecule has 1 aromatic heterocycles. The summed E-state index contributed by atoms with van der Waals surface area (Å²) in [6.45, 7) is 0. The highest BCUT2D eigenvalue weighted by atomic mass is 32.2. The van der Waals surface area contributed by atoms with Gasteiger partial charge in [-0.1, -0.05) is 53.0 Å². The SMILES string of the molecule is C#CCSc1nc(SCC#C)nc(SCC#C)n1. The van der Waals surface area contributed by atoms with Crippen LogP contribution in [0.2, 0.25) is 0 Å². The molecule has 1 rings (SSSR count). The molecule has 0 fully saturated rings. The third-order valence-electron chi connectivity index (χ3n) is 1.43. The average molecular weight is 291 g/mol. The molecular formula is C12H9N3S3. The van der Waals surface area contributed by atoms with Crippen LogP contribution in [0.1, 0.15) is 0 Å². The Bertz CT molecular complexity index is 434. The highest BCUT2D eigenvalue weighted by molar-refractivity contribution is 8.00. The lowest BCUT2D eigenvalue weighted by atomic mass is 10.8. The lowest BCUT2D eigenvalue weighted by Gasteiger charge is -2.03. The van der Waals surface area contributed by atoms with Gasteiger partial charge in [0.25, 0.3) is 0 Å². The van der Waals surface area contributed by atoms with Gasteiger partial charge in [-0.3, -0.25) is 0 Å². The molecule has 0 atom stereocenters. The minimum absolute atomic E-state index is 0.516. The molecule has 0 aliphatic heterocycles. The largest absolute Gasteiger partial charge is 0.196 e. The number of nitrogens with zero attached hydrogens (tertiary/aromatic N) is 3. The second kappa shape index (κ2) is 8.78. The average Bonchev–Trinajstić information content (AvgIpc) is 2.40. The van der Waals surface area contributed by atoms with Gasteiger partial charge in [0.05, 0.1) is 17.3 Å². The summed E-state index contributed by atoms with van der Waals surface area (Å²) in [6.07, 6.45) is 15.6. The lowest BCUT2D eigenvalue weighted by Crippen LogP contribution is -1.98. The molecule has 0 N–H and O–H groups in total. The molecule has 6 heteroatoms. The quantitative estimate of drug-likeness (QED) is 0.590. The molecule has 1 aromatic rings. The van der Waals surface area contributed by atoms with Crippen LogP contribution in [0.5, 0.6) is 0 Å². The van der Waals surface area contributed by atoms with Gasteiger partial charge >= 0.3 is 0 Å². The Hall–Kier alpha value is -1.26. The smallest absolute Gasteiger partial charge is 0.193 e. The van der Waals surface area contributed by atoms with Gasteiger partial charge in [-0.05, 0) is 0 Å². The van der Waals surface area contributed by atoms with Crippen molar-refractivity contribution < 1.29 is 0 Å². The van der Waals surface area contributed by atoms with Crippen LogP contribution in [-0.2, 0) is 0 Å². The Morgan fingerprint density at radius 3 is 1.17 bits per heavy atom. The molecule has 0 aromatic carbocycles. The van der Waals surface area contributed by atoms with E-state index >= 15 is 0 Å². The number of terminal acetylenes is 3. The van der Waals surface area contributed by atoms with Gasteiger partial charge in [-0.2, -0.15) is 15.0 Å². The van der Waals surface area contributed by atoms with Crippen LogP contribution in [0.4, 0.5) is 0 Å². The van der Waals surface area contributed by atoms with E-state index in [1.807, 2.05) is 0 Å². The van der Waals surface area contributed by atoms with Crippen molar-refractivity contribution in [1.29, 1.82) is 0 Å². The Labute approximate surface area is 120 Å². The number of aromatic nitrogens is 3. The fourth-order valence-electron chi connectivity index (χ4n) is 0.833. The molecule has 90 valence electrons. The van der Waals surface area contributed by atoms with Crippen molar-refractivity contribution in [2.45, 2.75) is 15.5 Å². The molecule has 0 amide bonds. The van der Waals surface area contributed by atoms with E-state index in [2.05, 4.69) is 32.7 Å². The van der Waals surface area contributed by atoms with Crippen molar-refractivity contribution in [3.8, 4) is 37.0 Å². The maximum atomic E-state index is 5.21. The minimum atomic E-state index is 0.516. The minimum Gasteiger partial charge on any atom is -0.196 e. The number of hydrogen-bond acceptors (Lipinski definition) is 6. The molecule has 0 radical (unpaired) electrons. The van der Waals surface area contributed by atoms with Crippen LogP contribution >= 0.6 is 35.3 Å². The van der Waals surface area contributed by atoms with Crippen LogP contribution in [0, 0.1) is 37.0 Å². The second-order valence-corrected chi connectivity index (χ2v) is 5.49. The summed E-state index contributed by atoms with van der Waals surface area (Å²) in [4.78, 5) is 12.8. The molecule has 18 heavy (non-hydrogen) atoms. The predicted molar refractivity (Wildman–Crippen MR) is 78.5 cm³/mol. The van der Waals surface area contributed by atoms with Gasteiger partial charge in [0, 0.05) is 0 Å². The summed E-state index contributed by atoms with van der Waals surface area (Å²) >= 11 is 4.16. The summed E-state index contributed by atoms with van der Waals surface area (Å²) in [5.41, 5.74) is 0. The van der Waals surface area contributed by atoms with Gasteiger partial charge in [0.2, 0.25) is 0 Å². The van der Waals surface area contributed by atoms with Crippen molar-refractivity contribution in [3.05, 3.63) is 0 Å². The molecular weight excluding hydrogens is 282 g/mol. The highest BCUT2D eigenvalue weighted by Crippen LogP contribution is 2.22. The summed E-state index contributed by atoms with van der Waals surface area (Å²) in [5, 5.41) is 1.80. The fourth-order valence-corrected chi connectivity index (χ4v) is 2.55. The Kier molecular flexibility index (Phi) is 7.22. The molecule has 3 nitrogen and oxygen atoms in total. The predicted octanol–water partition coefficient (Wildman–Crippen LogP) is 2.05. The van der Waals surface area contributed by atoms with Crippen LogP contribution < -0.4 is 0 Å². The van der Waals surface area contributed by atoms with Crippen molar-refractivity contribution >= 4 is 35.3 Å². The number of thioether (sulfide) groups is 3. The molecule has 0 saturated carbocycles. The Morgan fingerprint density at radius 2 is 0.944 bits per heavy atom. The molecule has 0 bridgehead atoms. The Balaban J connectivity index is 2.86. The van der Waals surface area contributed by atoms with Gasteiger partial charge < -0.3 is 0 Å². The number of rotatable bonds is 6.